The van der Waals surface area contributed by atoms with Gasteiger partial charge in [0.1, 0.15) is 0 Å². The standard InChI is InChI=1S/C24H43N/c1-5-19(6-2)20(7-3)11-8-10-18(4)23-16-17-24(23)25(22-14-15-22)21-12-9-13-21/h16,18-22,24H,5-15,17H2,1-4H3. The number of rotatable bonds is 12. The summed E-state index contributed by atoms with van der Waals surface area (Å²) in [4.78, 5) is 2.97. The SMILES string of the molecule is CCC(CC)C(CC)CCCC(C)C1=CCC1N(C1CCC1)C1CC1. The molecule has 0 spiro atoms. The molecule has 0 aromatic heterocycles. The molecule has 0 N–H and O–H groups in total. The molecule has 144 valence electrons. The van der Waals surface area contributed by atoms with Crippen molar-refractivity contribution in [3.63, 3.8) is 0 Å². The summed E-state index contributed by atoms with van der Waals surface area (Å²) in [6.07, 6.45) is 19.7. The molecule has 2 fully saturated rings. The van der Waals surface area contributed by atoms with Crippen molar-refractivity contribution in [2.24, 2.45) is 17.8 Å². The van der Waals surface area contributed by atoms with Gasteiger partial charge in [0.25, 0.3) is 0 Å². The molecule has 0 radical (unpaired) electrons. The zero-order valence-corrected chi connectivity index (χ0v) is 17.5. The zero-order chi connectivity index (χ0) is 17.8. The van der Waals surface area contributed by atoms with Crippen LogP contribution in [0.5, 0.6) is 0 Å². The van der Waals surface area contributed by atoms with Crippen LogP contribution in [0, 0.1) is 17.8 Å². The lowest BCUT2D eigenvalue weighted by Gasteiger charge is -2.48. The average Bonchev–Trinajstić information content (AvgIpc) is 3.35. The van der Waals surface area contributed by atoms with Crippen LogP contribution in [0.25, 0.3) is 0 Å². The summed E-state index contributed by atoms with van der Waals surface area (Å²) in [6, 6.07) is 2.71. The second kappa shape index (κ2) is 9.07. The van der Waals surface area contributed by atoms with E-state index < -0.39 is 0 Å². The number of hydrogen-bond donors (Lipinski definition) is 0. The molecule has 3 aliphatic carbocycles. The number of hydrogen-bond acceptors (Lipinski definition) is 1. The first-order chi connectivity index (χ1) is 12.2. The Labute approximate surface area is 157 Å². The van der Waals surface area contributed by atoms with Crippen molar-refractivity contribution in [3.8, 4) is 0 Å². The van der Waals surface area contributed by atoms with Gasteiger partial charge in [0.15, 0.2) is 0 Å². The van der Waals surface area contributed by atoms with E-state index in [-0.39, 0.29) is 0 Å². The second-order valence-corrected chi connectivity index (χ2v) is 9.30. The van der Waals surface area contributed by atoms with Crippen LogP contribution in [0.3, 0.4) is 0 Å². The lowest BCUT2D eigenvalue weighted by atomic mass is 9.76. The normalized spacial score (nSPS) is 26.3. The third-order valence-electron chi connectivity index (χ3n) is 7.81. The lowest BCUT2D eigenvalue weighted by Crippen LogP contribution is -2.51. The third-order valence-corrected chi connectivity index (χ3v) is 7.81. The molecule has 25 heavy (non-hydrogen) atoms. The van der Waals surface area contributed by atoms with Gasteiger partial charge in [0.2, 0.25) is 0 Å². The van der Waals surface area contributed by atoms with Gasteiger partial charge >= 0.3 is 0 Å². The highest BCUT2D eigenvalue weighted by Gasteiger charge is 2.43. The summed E-state index contributed by atoms with van der Waals surface area (Å²) in [6.45, 7) is 9.69. The van der Waals surface area contributed by atoms with Gasteiger partial charge in [-0.25, -0.2) is 0 Å². The summed E-state index contributed by atoms with van der Waals surface area (Å²) in [5, 5.41) is 0. The molecule has 3 unspecified atom stereocenters. The van der Waals surface area contributed by atoms with E-state index in [9.17, 15) is 0 Å². The quantitative estimate of drug-likeness (QED) is 0.345. The van der Waals surface area contributed by atoms with E-state index in [0.29, 0.717) is 0 Å². The molecule has 0 aromatic rings. The molecule has 0 aromatic carbocycles. The maximum Gasteiger partial charge on any atom is 0.0350 e. The Morgan fingerprint density at radius 3 is 2.00 bits per heavy atom. The van der Waals surface area contributed by atoms with E-state index in [1.807, 2.05) is 5.57 Å². The minimum atomic E-state index is 0.819. The average molecular weight is 346 g/mol. The molecule has 2 saturated carbocycles. The van der Waals surface area contributed by atoms with Gasteiger partial charge in [-0.3, -0.25) is 4.90 Å². The topological polar surface area (TPSA) is 3.24 Å². The maximum atomic E-state index is 2.97. The highest BCUT2D eigenvalue weighted by Crippen LogP contribution is 2.44. The molecule has 3 atom stereocenters. The van der Waals surface area contributed by atoms with Crippen molar-refractivity contribution in [2.75, 3.05) is 0 Å². The molecule has 0 heterocycles. The Kier molecular flexibility index (Phi) is 7.06. The molecule has 3 aliphatic rings. The Morgan fingerprint density at radius 2 is 1.56 bits per heavy atom. The smallest absolute Gasteiger partial charge is 0.0350 e. The summed E-state index contributed by atoms with van der Waals surface area (Å²) in [7, 11) is 0. The van der Waals surface area contributed by atoms with E-state index >= 15 is 0 Å². The molecule has 3 rings (SSSR count). The van der Waals surface area contributed by atoms with Crippen LogP contribution in [-0.4, -0.2) is 23.0 Å². The summed E-state index contributed by atoms with van der Waals surface area (Å²) in [5.74, 6) is 2.74. The largest absolute Gasteiger partial charge is 0.290 e. The van der Waals surface area contributed by atoms with Crippen LogP contribution in [0.4, 0.5) is 0 Å². The first-order valence-corrected chi connectivity index (χ1v) is 11.7. The monoisotopic (exact) mass is 345 g/mol. The Morgan fingerprint density at radius 1 is 0.920 bits per heavy atom. The second-order valence-electron chi connectivity index (χ2n) is 9.30. The lowest BCUT2D eigenvalue weighted by molar-refractivity contribution is 0.0730. The molecular weight excluding hydrogens is 302 g/mol. The minimum Gasteiger partial charge on any atom is -0.290 e. The zero-order valence-electron chi connectivity index (χ0n) is 17.5. The fourth-order valence-corrected chi connectivity index (χ4v) is 5.63. The van der Waals surface area contributed by atoms with E-state index in [1.54, 1.807) is 0 Å². The van der Waals surface area contributed by atoms with Gasteiger partial charge in [-0.2, -0.15) is 0 Å². The molecule has 1 nitrogen and oxygen atoms in total. The molecule has 1 heteroatoms. The van der Waals surface area contributed by atoms with Crippen LogP contribution in [-0.2, 0) is 0 Å². The van der Waals surface area contributed by atoms with E-state index in [0.717, 1.165) is 35.9 Å². The van der Waals surface area contributed by atoms with Gasteiger partial charge in [-0.1, -0.05) is 77.9 Å². The summed E-state index contributed by atoms with van der Waals surface area (Å²) >= 11 is 0. The van der Waals surface area contributed by atoms with Crippen molar-refractivity contribution < 1.29 is 0 Å². The van der Waals surface area contributed by atoms with Crippen molar-refractivity contribution in [2.45, 2.75) is 123 Å². The third kappa shape index (κ3) is 4.52. The van der Waals surface area contributed by atoms with Crippen LogP contribution < -0.4 is 0 Å². The maximum absolute atomic E-state index is 2.97. The van der Waals surface area contributed by atoms with Gasteiger partial charge in [0, 0.05) is 18.1 Å². The Balaban J connectivity index is 1.45. The van der Waals surface area contributed by atoms with Gasteiger partial charge in [0.05, 0.1) is 0 Å². The fraction of sp³-hybridized carbons (Fsp3) is 0.917. The van der Waals surface area contributed by atoms with Crippen molar-refractivity contribution in [3.05, 3.63) is 11.6 Å². The van der Waals surface area contributed by atoms with Crippen LogP contribution >= 0.6 is 0 Å². The molecule has 0 amide bonds. The van der Waals surface area contributed by atoms with Crippen LogP contribution in [0.15, 0.2) is 11.6 Å². The fourth-order valence-electron chi connectivity index (χ4n) is 5.63. The van der Waals surface area contributed by atoms with E-state index in [2.05, 4.69) is 38.7 Å². The molecule has 0 aliphatic heterocycles. The van der Waals surface area contributed by atoms with Gasteiger partial charge in [-0.15, -0.1) is 0 Å². The summed E-state index contributed by atoms with van der Waals surface area (Å²) in [5.41, 5.74) is 1.81. The highest BCUT2D eigenvalue weighted by atomic mass is 15.2. The first-order valence-electron chi connectivity index (χ1n) is 11.7. The minimum absolute atomic E-state index is 0.819. The molecule has 0 saturated heterocycles. The predicted molar refractivity (Wildman–Crippen MR) is 110 cm³/mol. The van der Waals surface area contributed by atoms with Crippen molar-refractivity contribution >= 4 is 0 Å². The van der Waals surface area contributed by atoms with Crippen LogP contribution in [0.2, 0.25) is 0 Å². The first kappa shape index (κ1) is 19.5. The molecular formula is C24H43N. The molecule has 0 bridgehead atoms. The highest BCUT2D eigenvalue weighted by molar-refractivity contribution is 5.26. The van der Waals surface area contributed by atoms with Crippen LogP contribution in [0.1, 0.15) is 105 Å². The van der Waals surface area contributed by atoms with Gasteiger partial charge in [-0.05, 0) is 56.3 Å². The van der Waals surface area contributed by atoms with Gasteiger partial charge < -0.3 is 0 Å². The number of nitrogens with zero attached hydrogens (tertiary/aromatic N) is 1. The Bertz CT molecular complexity index is 427. The summed E-state index contributed by atoms with van der Waals surface area (Å²) < 4.78 is 0. The van der Waals surface area contributed by atoms with E-state index in [1.165, 1.54) is 77.0 Å². The predicted octanol–water partition coefficient (Wildman–Crippen LogP) is 6.97. The van der Waals surface area contributed by atoms with Crippen molar-refractivity contribution in [1.82, 2.24) is 4.90 Å². The van der Waals surface area contributed by atoms with E-state index in [4.69, 9.17) is 0 Å². The Hall–Kier alpha value is -0.300. The van der Waals surface area contributed by atoms with Crippen molar-refractivity contribution in [1.29, 1.82) is 0 Å².